The molecule has 0 aromatic heterocycles. The minimum absolute atomic E-state index is 0.0790. The molecule has 4 nitrogen and oxygen atoms in total. The molecule has 0 saturated carbocycles. The van der Waals surface area contributed by atoms with Crippen molar-refractivity contribution in [3.05, 3.63) is 54.4 Å². The molecule has 1 N–H and O–H groups in total. The molecular weight excluding hydrogens is 291 g/mol. The van der Waals surface area contributed by atoms with Crippen molar-refractivity contribution in [2.24, 2.45) is 0 Å². The van der Waals surface area contributed by atoms with Crippen LogP contribution >= 0.6 is 0 Å². The van der Waals surface area contributed by atoms with Gasteiger partial charge in [0.25, 0.3) is 0 Å². The Balaban J connectivity index is 3.35. The molecule has 1 rings (SSSR count). The van der Waals surface area contributed by atoms with Crippen LogP contribution in [-0.4, -0.2) is 32.9 Å². The second-order valence-electron chi connectivity index (χ2n) is 4.64. The highest BCUT2D eigenvalue weighted by Crippen LogP contribution is 2.22. The molecule has 0 aliphatic rings. The quantitative estimate of drug-likeness (QED) is 0.749. The van der Waals surface area contributed by atoms with Crippen molar-refractivity contribution in [2.45, 2.75) is 18.4 Å². The lowest BCUT2D eigenvalue weighted by molar-refractivity contribution is 0.473. The first kappa shape index (κ1) is 17.6. The highest BCUT2D eigenvalue weighted by molar-refractivity contribution is 7.89. The largest absolute Gasteiger partial charge is 0.316 e. The van der Waals surface area contributed by atoms with Crippen LogP contribution in [0.4, 0.5) is 4.39 Å². The maximum atomic E-state index is 14.0. The molecule has 0 aliphatic heterocycles. The van der Waals surface area contributed by atoms with E-state index in [4.69, 9.17) is 0 Å². The Hall–Kier alpha value is -1.50. The molecule has 0 radical (unpaired) electrons. The van der Waals surface area contributed by atoms with E-state index in [1.165, 1.54) is 28.6 Å². The molecule has 0 amide bonds. The fraction of sp³-hybridized carbons (Fsp3) is 0.333. The van der Waals surface area contributed by atoms with E-state index >= 15 is 0 Å². The number of hydrogen-bond acceptors (Lipinski definition) is 3. The van der Waals surface area contributed by atoms with Crippen LogP contribution in [-0.2, 0) is 16.6 Å². The zero-order valence-corrected chi connectivity index (χ0v) is 13.2. The van der Waals surface area contributed by atoms with E-state index in [-0.39, 0.29) is 30.3 Å². The monoisotopic (exact) mass is 312 g/mol. The SMILES string of the molecule is C=CCN(CC=C)S(=O)(=O)c1cc(C)c(F)c(CNC)c1. The Morgan fingerprint density at radius 1 is 1.29 bits per heavy atom. The third kappa shape index (κ3) is 4.00. The maximum Gasteiger partial charge on any atom is 0.243 e. The molecular formula is C15H21FN2O2S. The van der Waals surface area contributed by atoms with Gasteiger partial charge in [-0.15, -0.1) is 13.2 Å². The third-order valence-corrected chi connectivity index (χ3v) is 4.78. The van der Waals surface area contributed by atoms with Gasteiger partial charge in [0, 0.05) is 25.2 Å². The second-order valence-corrected chi connectivity index (χ2v) is 6.58. The van der Waals surface area contributed by atoms with Gasteiger partial charge in [0.2, 0.25) is 10.0 Å². The summed E-state index contributed by atoms with van der Waals surface area (Å²) in [7, 11) is -2.03. The van der Waals surface area contributed by atoms with Gasteiger partial charge in [0.1, 0.15) is 5.82 Å². The van der Waals surface area contributed by atoms with Gasteiger partial charge in [-0.3, -0.25) is 0 Å². The molecule has 0 atom stereocenters. The predicted octanol–water partition coefficient (Wildman–Crippen LogP) is 2.22. The number of benzene rings is 1. The summed E-state index contributed by atoms with van der Waals surface area (Å²) in [6, 6.07) is 2.72. The molecule has 0 unspecified atom stereocenters. The van der Waals surface area contributed by atoms with Gasteiger partial charge in [0.05, 0.1) is 4.90 Å². The van der Waals surface area contributed by atoms with Gasteiger partial charge >= 0.3 is 0 Å². The molecule has 0 fully saturated rings. The summed E-state index contributed by atoms with van der Waals surface area (Å²) >= 11 is 0. The van der Waals surface area contributed by atoms with Crippen LogP contribution in [0.3, 0.4) is 0 Å². The number of halogens is 1. The number of aryl methyl sites for hydroxylation is 1. The van der Waals surface area contributed by atoms with Crippen molar-refractivity contribution in [2.75, 3.05) is 20.1 Å². The Kier molecular flexibility index (Phi) is 6.26. The molecule has 21 heavy (non-hydrogen) atoms. The summed E-state index contributed by atoms with van der Waals surface area (Å²) in [6.45, 7) is 9.28. The van der Waals surface area contributed by atoms with Crippen molar-refractivity contribution in [1.29, 1.82) is 0 Å². The number of nitrogens with zero attached hydrogens (tertiary/aromatic N) is 1. The lowest BCUT2D eigenvalue weighted by Gasteiger charge is -2.20. The average Bonchev–Trinajstić information content (AvgIpc) is 2.43. The lowest BCUT2D eigenvalue weighted by atomic mass is 10.1. The van der Waals surface area contributed by atoms with E-state index in [2.05, 4.69) is 18.5 Å². The summed E-state index contributed by atoms with van der Waals surface area (Å²) in [5, 5.41) is 2.83. The molecule has 116 valence electrons. The van der Waals surface area contributed by atoms with Crippen molar-refractivity contribution in [3.8, 4) is 0 Å². The fourth-order valence-corrected chi connectivity index (χ4v) is 3.50. The van der Waals surface area contributed by atoms with Gasteiger partial charge in [-0.1, -0.05) is 12.2 Å². The van der Waals surface area contributed by atoms with Crippen molar-refractivity contribution >= 4 is 10.0 Å². The van der Waals surface area contributed by atoms with E-state index in [0.717, 1.165) is 0 Å². The van der Waals surface area contributed by atoms with Crippen LogP contribution in [0, 0.1) is 12.7 Å². The molecule has 6 heteroatoms. The maximum absolute atomic E-state index is 14.0. The smallest absolute Gasteiger partial charge is 0.243 e. The van der Waals surface area contributed by atoms with E-state index in [1.807, 2.05) is 0 Å². The summed E-state index contributed by atoms with van der Waals surface area (Å²) in [5.41, 5.74) is 0.631. The van der Waals surface area contributed by atoms with Crippen LogP contribution < -0.4 is 5.32 Å². The number of nitrogens with one attached hydrogen (secondary N) is 1. The first-order valence-electron chi connectivity index (χ1n) is 6.54. The van der Waals surface area contributed by atoms with E-state index in [9.17, 15) is 12.8 Å². The predicted molar refractivity (Wildman–Crippen MR) is 83.1 cm³/mol. The van der Waals surface area contributed by atoms with Crippen molar-refractivity contribution in [3.63, 3.8) is 0 Å². The molecule has 1 aromatic carbocycles. The Bertz CT molecular complexity index is 617. The summed E-state index contributed by atoms with van der Waals surface area (Å²) in [6.07, 6.45) is 3.01. The molecule has 0 bridgehead atoms. The van der Waals surface area contributed by atoms with Gasteiger partial charge in [0.15, 0.2) is 0 Å². The van der Waals surface area contributed by atoms with E-state index in [0.29, 0.717) is 11.1 Å². The summed E-state index contributed by atoms with van der Waals surface area (Å²) in [4.78, 5) is 0.0790. The zero-order chi connectivity index (χ0) is 16.0. The van der Waals surface area contributed by atoms with Crippen molar-refractivity contribution < 1.29 is 12.8 Å². The van der Waals surface area contributed by atoms with Crippen LogP contribution in [0.5, 0.6) is 0 Å². The summed E-state index contributed by atoms with van der Waals surface area (Å²) in [5.74, 6) is -0.387. The highest BCUT2D eigenvalue weighted by Gasteiger charge is 2.24. The van der Waals surface area contributed by atoms with Crippen molar-refractivity contribution in [1.82, 2.24) is 9.62 Å². The standard InChI is InChI=1S/C15H21FN2O2S/c1-5-7-18(8-6-2)21(19,20)14-9-12(3)15(16)13(10-14)11-17-4/h5-6,9-10,17H,1-2,7-8,11H2,3-4H3. The minimum Gasteiger partial charge on any atom is -0.316 e. The minimum atomic E-state index is -3.71. The number of rotatable bonds is 8. The molecule has 0 saturated heterocycles. The van der Waals surface area contributed by atoms with Crippen LogP contribution in [0.15, 0.2) is 42.3 Å². The number of sulfonamides is 1. The topological polar surface area (TPSA) is 49.4 Å². The normalized spacial score (nSPS) is 11.6. The third-order valence-electron chi connectivity index (χ3n) is 2.97. The highest BCUT2D eigenvalue weighted by atomic mass is 32.2. The summed E-state index contributed by atoms with van der Waals surface area (Å²) < 4.78 is 40.5. The van der Waals surface area contributed by atoms with Gasteiger partial charge in [-0.05, 0) is 31.7 Å². The van der Waals surface area contributed by atoms with E-state index < -0.39 is 10.0 Å². The molecule has 0 spiro atoms. The lowest BCUT2D eigenvalue weighted by Crippen LogP contribution is -2.31. The fourth-order valence-electron chi connectivity index (χ4n) is 1.98. The van der Waals surface area contributed by atoms with E-state index in [1.54, 1.807) is 14.0 Å². The number of hydrogen-bond donors (Lipinski definition) is 1. The molecule has 0 heterocycles. The Labute approximate surface area is 126 Å². The first-order chi connectivity index (χ1) is 9.88. The van der Waals surface area contributed by atoms with Crippen LogP contribution in [0.1, 0.15) is 11.1 Å². The Morgan fingerprint density at radius 2 is 1.86 bits per heavy atom. The second kappa shape index (κ2) is 7.49. The van der Waals surface area contributed by atoms with Gasteiger partial charge in [-0.2, -0.15) is 4.31 Å². The average molecular weight is 312 g/mol. The zero-order valence-electron chi connectivity index (χ0n) is 12.4. The van der Waals surface area contributed by atoms with Gasteiger partial charge < -0.3 is 5.32 Å². The molecule has 1 aromatic rings. The Morgan fingerprint density at radius 3 is 2.33 bits per heavy atom. The van der Waals surface area contributed by atoms with Gasteiger partial charge in [-0.25, -0.2) is 12.8 Å². The first-order valence-corrected chi connectivity index (χ1v) is 7.98. The molecule has 0 aliphatic carbocycles. The van der Waals surface area contributed by atoms with Crippen LogP contribution in [0.2, 0.25) is 0 Å². The van der Waals surface area contributed by atoms with Crippen LogP contribution in [0.25, 0.3) is 0 Å².